The lowest BCUT2D eigenvalue weighted by atomic mass is 10.1. The van der Waals surface area contributed by atoms with Gasteiger partial charge in [0.2, 0.25) is 5.88 Å². The van der Waals surface area contributed by atoms with Crippen LogP contribution in [0.1, 0.15) is 21.6 Å². The van der Waals surface area contributed by atoms with E-state index in [1.807, 2.05) is 0 Å². The molecule has 1 amide bonds. The summed E-state index contributed by atoms with van der Waals surface area (Å²) in [6.07, 6.45) is -4.44. The summed E-state index contributed by atoms with van der Waals surface area (Å²) in [7, 11) is 1.23. The molecule has 0 saturated heterocycles. The van der Waals surface area contributed by atoms with Crippen molar-refractivity contribution in [3.8, 4) is 17.3 Å². The lowest BCUT2D eigenvalue weighted by Crippen LogP contribution is -2.22. The molecule has 32 heavy (non-hydrogen) atoms. The summed E-state index contributed by atoms with van der Waals surface area (Å²) in [5.41, 5.74) is 0.529. The fourth-order valence-corrected chi connectivity index (χ4v) is 2.76. The second-order valence-corrected chi connectivity index (χ2v) is 6.62. The third-order valence-corrected chi connectivity index (χ3v) is 4.26. The molecule has 0 fully saturated rings. The maximum Gasteiger partial charge on any atom is 0.416 e. The van der Waals surface area contributed by atoms with Crippen LogP contribution in [0.3, 0.4) is 0 Å². The van der Waals surface area contributed by atoms with E-state index < -0.39 is 30.2 Å². The molecule has 0 unspecified atom stereocenters. The van der Waals surface area contributed by atoms with E-state index in [2.05, 4.69) is 20.0 Å². The van der Waals surface area contributed by atoms with Crippen molar-refractivity contribution in [3.63, 3.8) is 0 Å². The average Bonchev–Trinajstić information content (AvgIpc) is 2.77. The summed E-state index contributed by atoms with van der Waals surface area (Å²) in [6.45, 7) is 1.24. The molecule has 0 spiro atoms. The minimum absolute atomic E-state index is 0.0730. The van der Waals surface area contributed by atoms with Crippen LogP contribution in [0.4, 0.5) is 18.9 Å². The molecule has 3 rings (SSSR count). The predicted molar refractivity (Wildman–Crippen MR) is 109 cm³/mol. The number of anilines is 1. The number of amides is 1. The first kappa shape index (κ1) is 22.7. The van der Waals surface area contributed by atoms with E-state index in [1.165, 1.54) is 31.4 Å². The lowest BCUT2D eigenvalue weighted by Gasteiger charge is -2.11. The first-order valence-corrected chi connectivity index (χ1v) is 9.30. The third-order valence-electron chi connectivity index (χ3n) is 4.26. The number of nitrogens with one attached hydrogen (secondary N) is 1. The van der Waals surface area contributed by atoms with Gasteiger partial charge in [-0.1, -0.05) is 24.3 Å². The number of aromatic nitrogens is 2. The van der Waals surface area contributed by atoms with Crippen molar-refractivity contribution in [1.82, 2.24) is 9.97 Å². The molecule has 0 aliphatic carbocycles. The number of methoxy groups -OCH3 is 1. The van der Waals surface area contributed by atoms with Gasteiger partial charge in [-0.05, 0) is 31.2 Å². The number of alkyl halides is 3. The molecule has 1 N–H and O–H groups in total. The summed E-state index contributed by atoms with van der Waals surface area (Å²) in [5.74, 6) is -0.919. The van der Waals surface area contributed by atoms with Crippen molar-refractivity contribution >= 4 is 17.6 Å². The maximum absolute atomic E-state index is 12.8. The number of nitrogens with zero attached hydrogens (tertiary/aromatic N) is 2. The van der Waals surface area contributed by atoms with E-state index in [4.69, 9.17) is 4.74 Å². The Hall–Kier alpha value is -3.95. The Bertz CT molecular complexity index is 1130. The number of carbonyl (C=O) groups excluding carboxylic acids is 2. The Kier molecular flexibility index (Phi) is 6.72. The van der Waals surface area contributed by atoms with Crippen LogP contribution < -0.4 is 10.1 Å². The third kappa shape index (κ3) is 5.60. The van der Waals surface area contributed by atoms with E-state index in [9.17, 15) is 22.8 Å². The van der Waals surface area contributed by atoms with Gasteiger partial charge in [-0.25, -0.2) is 9.78 Å². The Morgan fingerprint density at radius 2 is 1.72 bits per heavy atom. The average molecular weight is 445 g/mol. The molecule has 0 bridgehead atoms. The van der Waals surface area contributed by atoms with Gasteiger partial charge in [-0.15, -0.1) is 0 Å². The molecule has 0 atom stereocenters. The van der Waals surface area contributed by atoms with Crippen LogP contribution in [-0.2, 0) is 15.7 Å². The van der Waals surface area contributed by atoms with E-state index in [0.29, 0.717) is 11.3 Å². The molecule has 2 aromatic carbocycles. The minimum atomic E-state index is -4.44. The Balaban J connectivity index is 1.71. The molecule has 0 aliphatic rings. The fraction of sp³-hybridized carbons (Fsp3) is 0.182. The summed E-state index contributed by atoms with van der Waals surface area (Å²) >= 11 is 0. The first-order chi connectivity index (χ1) is 15.2. The fourth-order valence-electron chi connectivity index (χ4n) is 2.76. The number of halogens is 3. The molecule has 1 aromatic heterocycles. The van der Waals surface area contributed by atoms with Crippen LogP contribution in [0.25, 0.3) is 11.4 Å². The van der Waals surface area contributed by atoms with Gasteiger partial charge in [0, 0.05) is 17.3 Å². The van der Waals surface area contributed by atoms with Gasteiger partial charge in [0.25, 0.3) is 5.91 Å². The van der Waals surface area contributed by atoms with Crippen LogP contribution >= 0.6 is 0 Å². The van der Waals surface area contributed by atoms with Crippen LogP contribution in [-0.4, -0.2) is 35.6 Å². The number of benzene rings is 2. The highest BCUT2D eigenvalue weighted by molar-refractivity contribution is 6.01. The highest BCUT2D eigenvalue weighted by Gasteiger charge is 2.30. The Morgan fingerprint density at radius 1 is 1.03 bits per heavy atom. The summed E-state index contributed by atoms with van der Waals surface area (Å²) < 4.78 is 48.4. The molecule has 1 heterocycles. The zero-order chi connectivity index (χ0) is 23.3. The highest BCUT2D eigenvalue weighted by atomic mass is 19.4. The molecule has 166 valence electrons. The summed E-state index contributed by atoms with van der Waals surface area (Å²) in [4.78, 5) is 32.5. The topological polar surface area (TPSA) is 90.4 Å². The Morgan fingerprint density at radius 3 is 2.38 bits per heavy atom. The standard InChI is InChI=1S/C22H18F3N3O4/c1-13-11-19(28-20(26-13)14-7-9-15(10-8-14)22(23,24)25)32-12-18(29)27-17-6-4-3-5-16(17)21(30)31-2/h3-11H,12H2,1-2H3,(H,27,29). The van der Waals surface area contributed by atoms with Gasteiger partial charge in [0.1, 0.15) is 0 Å². The van der Waals surface area contributed by atoms with Crippen molar-refractivity contribution in [2.24, 2.45) is 0 Å². The maximum atomic E-state index is 12.8. The van der Waals surface area contributed by atoms with Crippen molar-refractivity contribution in [3.05, 3.63) is 71.4 Å². The van der Waals surface area contributed by atoms with Crippen molar-refractivity contribution in [1.29, 1.82) is 0 Å². The van der Waals surface area contributed by atoms with Crippen molar-refractivity contribution in [2.75, 3.05) is 19.0 Å². The molecule has 0 radical (unpaired) electrons. The number of hydrogen-bond acceptors (Lipinski definition) is 6. The largest absolute Gasteiger partial charge is 0.467 e. The molecular weight excluding hydrogens is 427 g/mol. The molecule has 0 saturated carbocycles. The second kappa shape index (κ2) is 9.46. The second-order valence-electron chi connectivity index (χ2n) is 6.62. The van der Waals surface area contributed by atoms with Crippen LogP contribution in [0, 0.1) is 6.92 Å². The number of ether oxygens (including phenoxy) is 2. The molecule has 7 nitrogen and oxygen atoms in total. The number of rotatable bonds is 6. The van der Waals surface area contributed by atoms with Crippen molar-refractivity contribution in [2.45, 2.75) is 13.1 Å². The minimum Gasteiger partial charge on any atom is -0.467 e. The van der Waals surface area contributed by atoms with E-state index in [0.717, 1.165) is 12.1 Å². The zero-order valence-corrected chi connectivity index (χ0v) is 17.1. The quantitative estimate of drug-likeness (QED) is 0.570. The van der Waals surface area contributed by atoms with Gasteiger partial charge >= 0.3 is 12.1 Å². The summed E-state index contributed by atoms with van der Waals surface area (Å²) in [6, 6.07) is 12.2. The molecule has 3 aromatic rings. The zero-order valence-electron chi connectivity index (χ0n) is 17.1. The molecular formula is C22H18F3N3O4. The van der Waals surface area contributed by atoms with Gasteiger partial charge < -0.3 is 14.8 Å². The number of aryl methyl sites for hydroxylation is 1. The number of para-hydroxylation sites is 1. The van der Waals surface area contributed by atoms with Crippen LogP contribution in [0.2, 0.25) is 0 Å². The molecule has 0 aliphatic heterocycles. The summed E-state index contributed by atoms with van der Waals surface area (Å²) in [5, 5.41) is 2.56. The predicted octanol–water partition coefficient (Wildman–Crippen LogP) is 4.27. The van der Waals surface area contributed by atoms with Gasteiger partial charge in [0.15, 0.2) is 12.4 Å². The number of esters is 1. The monoisotopic (exact) mass is 445 g/mol. The van der Waals surface area contributed by atoms with Gasteiger partial charge in [-0.2, -0.15) is 18.2 Å². The van der Waals surface area contributed by atoms with Gasteiger partial charge in [-0.3, -0.25) is 4.79 Å². The van der Waals surface area contributed by atoms with E-state index >= 15 is 0 Å². The van der Waals surface area contributed by atoms with Gasteiger partial charge in [0.05, 0.1) is 23.9 Å². The van der Waals surface area contributed by atoms with E-state index in [-0.39, 0.29) is 23.0 Å². The van der Waals surface area contributed by atoms with Crippen molar-refractivity contribution < 1.29 is 32.2 Å². The number of carbonyl (C=O) groups is 2. The molecule has 10 heteroatoms. The normalized spacial score (nSPS) is 11.0. The number of hydrogen-bond donors (Lipinski definition) is 1. The highest BCUT2D eigenvalue weighted by Crippen LogP contribution is 2.30. The Labute approximate surface area is 181 Å². The first-order valence-electron chi connectivity index (χ1n) is 9.30. The SMILES string of the molecule is COC(=O)c1ccccc1NC(=O)COc1cc(C)nc(-c2ccc(C(F)(F)F)cc2)n1. The lowest BCUT2D eigenvalue weighted by molar-refractivity contribution is -0.137. The smallest absolute Gasteiger partial charge is 0.416 e. The van der Waals surface area contributed by atoms with E-state index in [1.54, 1.807) is 25.1 Å². The van der Waals surface area contributed by atoms with Crippen LogP contribution in [0.5, 0.6) is 5.88 Å². The van der Waals surface area contributed by atoms with Crippen LogP contribution in [0.15, 0.2) is 54.6 Å².